The van der Waals surface area contributed by atoms with Gasteiger partial charge in [0.25, 0.3) is 0 Å². The monoisotopic (exact) mass is 318 g/mol. The summed E-state index contributed by atoms with van der Waals surface area (Å²) < 4.78 is 26.9. The van der Waals surface area contributed by atoms with Crippen molar-refractivity contribution in [2.24, 2.45) is 0 Å². The molecule has 3 heterocycles. The Kier molecular flexibility index (Phi) is 4.17. The lowest BCUT2D eigenvalue weighted by atomic mass is 9.96. The molecule has 0 aliphatic carbocycles. The average Bonchev–Trinajstić information content (AvgIpc) is 2.56. The van der Waals surface area contributed by atoms with E-state index in [1.54, 1.807) is 24.5 Å². The molecule has 0 unspecified atom stereocenters. The molecule has 3 rings (SSSR count). The van der Waals surface area contributed by atoms with Gasteiger partial charge in [0.1, 0.15) is 10.7 Å². The smallest absolute Gasteiger partial charge is 0.244 e. The molecule has 1 fully saturated rings. The summed E-state index contributed by atoms with van der Waals surface area (Å²) in [7, 11) is -3.49. The van der Waals surface area contributed by atoms with Gasteiger partial charge in [-0.25, -0.2) is 18.4 Å². The minimum atomic E-state index is -3.49. The zero-order valence-corrected chi connectivity index (χ0v) is 13.2. The molecule has 0 bridgehead atoms. The molecule has 1 saturated heterocycles. The molecule has 116 valence electrons. The Morgan fingerprint density at radius 2 is 2.14 bits per heavy atom. The number of sulfonamides is 1. The molecule has 0 aromatic carbocycles. The van der Waals surface area contributed by atoms with Crippen LogP contribution in [0.1, 0.15) is 30.3 Å². The number of nitrogens with zero attached hydrogens (tertiary/aromatic N) is 4. The fourth-order valence-electron chi connectivity index (χ4n) is 2.75. The van der Waals surface area contributed by atoms with Gasteiger partial charge in [-0.15, -0.1) is 0 Å². The first-order chi connectivity index (χ1) is 10.6. The molecular formula is C15H18N4O2S. The van der Waals surface area contributed by atoms with Crippen LogP contribution in [-0.2, 0) is 10.0 Å². The van der Waals surface area contributed by atoms with E-state index in [1.165, 1.54) is 10.5 Å². The molecule has 6 nitrogen and oxygen atoms in total. The van der Waals surface area contributed by atoms with Crippen molar-refractivity contribution >= 4 is 10.0 Å². The summed E-state index contributed by atoms with van der Waals surface area (Å²) in [5.74, 6) is 0.826. The first kappa shape index (κ1) is 15.1. The number of aromatic nitrogens is 3. The third-order valence-electron chi connectivity index (χ3n) is 3.87. The predicted molar refractivity (Wildman–Crippen MR) is 81.7 cm³/mol. The maximum absolute atomic E-state index is 12.7. The van der Waals surface area contributed by atoms with Gasteiger partial charge in [0, 0.05) is 43.3 Å². The van der Waals surface area contributed by atoms with Gasteiger partial charge >= 0.3 is 0 Å². The summed E-state index contributed by atoms with van der Waals surface area (Å²) in [6.07, 6.45) is 6.46. The van der Waals surface area contributed by atoms with Gasteiger partial charge in [0.15, 0.2) is 0 Å². The van der Waals surface area contributed by atoms with Crippen molar-refractivity contribution in [3.05, 3.63) is 48.3 Å². The van der Waals surface area contributed by atoms with Crippen LogP contribution in [-0.4, -0.2) is 40.8 Å². The topological polar surface area (TPSA) is 76.1 Å². The van der Waals surface area contributed by atoms with E-state index in [9.17, 15) is 8.42 Å². The highest BCUT2D eigenvalue weighted by Gasteiger charge is 2.31. The fraction of sp³-hybridized carbons (Fsp3) is 0.400. The normalized spacial score (nSPS) is 20.0. The Balaban J connectivity index is 1.84. The van der Waals surface area contributed by atoms with E-state index >= 15 is 0 Å². The van der Waals surface area contributed by atoms with Crippen molar-refractivity contribution < 1.29 is 8.42 Å². The van der Waals surface area contributed by atoms with Crippen LogP contribution in [0.3, 0.4) is 0 Å². The van der Waals surface area contributed by atoms with Gasteiger partial charge < -0.3 is 0 Å². The predicted octanol–water partition coefficient (Wildman–Crippen LogP) is 1.75. The van der Waals surface area contributed by atoms with Gasteiger partial charge in [0.2, 0.25) is 10.0 Å². The van der Waals surface area contributed by atoms with Crippen LogP contribution < -0.4 is 0 Å². The van der Waals surface area contributed by atoms with E-state index in [2.05, 4.69) is 15.0 Å². The van der Waals surface area contributed by atoms with Crippen LogP contribution in [0.25, 0.3) is 0 Å². The second-order valence-electron chi connectivity index (χ2n) is 5.42. The molecule has 1 aliphatic rings. The lowest BCUT2D eigenvalue weighted by Gasteiger charge is -2.31. The zero-order valence-electron chi connectivity index (χ0n) is 12.4. The van der Waals surface area contributed by atoms with Gasteiger partial charge in [-0.05, 0) is 38.0 Å². The lowest BCUT2D eigenvalue weighted by Crippen LogP contribution is -2.39. The second kappa shape index (κ2) is 6.10. The molecule has 0 spiro atoms. The van der Waals surface area contributed by atoms with Crippen LogP contribution in [0.2, 0.25) is 0 Å². The number of hydrogen-bond acceptors (Lipinski definition) is 5. The maximum atomic E-state index is 12.7. The molecule has 0 saturated carbocycles. The van der Waals surface area contributed by atoms with Crippen molar-refractivity contribution in [2.45, 2.75) is 30.6 Å². The number of aryl methyl sites for hydroxylation is 1. The van der Waals surface area contributed by atoms with E-state index in [1.807, 2.05) is 13.0 Å². The highest BCUT2D eigenvalue weighted by Crippen LogP contribution is 2.29. The van der Waals surface area contributed by atoms with Crippen LogP contribution in [0.15, 0.2) is 41.7 Å². The van der Waals surface area contributed by atoms with Crippen molar-refractivity contribution in [3.63, 3.8) is 0 Å². The largest absolute Gasteiger partial charge is 0.263 e. The Morgan fingerprint density at radius 3 is 2.86 bits per heavy atom. The van der Waals surface area contributed by atoms with E-state index < -0.39 is 10.0 Å². The maximum Gasteiger partial charge on any atom is 0.244 e. The number of hydrogen-bond donors (Lipinski definition) is 0. The quantitative estimate of drug-likeness (QED) is 0.862. The number of rotatable bonds is 3. The van der Waals surface area contributed by atoms with Gasteiger partial charge in [-0.3, -0.25) is 4.98 Å². The molecular weight excluding hydrogens is 300 g/mol. The molecule has 22 heavy (non-hydrogen) atoms. The zero-order chi connectivity index (χ0) is 15.6. The molecule has 0 N–H and O–H groups in total. The number of pyridine rings is 1. The highest BCUT2D eigenvalue weighted by atomic mass is 32.2. The van der Waals surface area contributed by atoms with Gasteiger partial charge in [-0.1, -0.05) is 0 Å². The van der Waals surface area contributed by atoms with Crippen molar-refractivity contribution in [1.29, 1.82) is 0 Å². The first-order valence-corrected chi connectivity index (χ1v) is 8.71. The van der Waals surface area contributed by atoms with Crippen LogP contribution in [0.4, 0.5) is 0 Å². The molecule has 2 aromatic rings. The SMILES string of the molecule is Cc1nccc([C@H]2CCCN(S(=O)(=O)c3cccnc3)C2)n1. The standard InChI is InChI=1S/C15H18N4O2S/c1-12-17-8-6-15(18-12)13-4-3-9-19(11-13)22(20,21)14-5-2-7-16-10-14/h2,5-8,10,13H,3-4,9,11H2,1H3/t13-/m0/s1. The minimum Gasteiger partial charge on any atom is -0.263 e. The number of piperidine rings is 1. The Hall–Kier alpha value is -1.86. The van der Waals surface area contributed by atoms with Crippen molar-refractivity contribution in [2.75, 3.05) is 13.1 Å². The van der Waals surface area contributed by atoms with E-state index in [4.69, 9.17) is 0 Å². The Labute approximate surface area is 130 Å². The summed E-state index contributed by atoms with van der Waals surface area (Å²) in [4.78, 5) is 12.7. The Morgan fingerprint density at radius 1 is 1.27 bits per heavy atom. The lowest BCUT2D eigenvalue weighted by molar-refractivity contribution is 0.312. The molecule has 7 heteroatoms. The van der Waals surface area contributed by atoms with E-state index in [-0.39, 0.29) is 10.8 Å². The van der Waals surface area contributed by atoms with Crippen LogP contribution >= 0.6 is 0 Å². The second-order valence-corrected chi connectivity index (χ2v) is 7.36. The van der Waals surface area contributed by atoms with E-state index in [0.717, 1.165) is 18.5 Å². The van der Waals surface area contributed by atoms with Gasteiger partial charge in [0.05, 0.1) is 0 Å². The fourth-order valence-corrected chi connectivity index (χ4v) is 4.24. The molecule has 0 amide bonds. The summed E-state index contributed by atoms with van der Waals surface area (Å²) >= 11 is 0. The summed E-state index contributed by atoms with van der Waals surface area (Å²) in [6.45, 7) is 2.84. The third-order valence-corrected chi connectivity index (χ3v) is 5.72. The average molecular weight is 318 g/mol. The molecule has 0 radical (unpaired) electrons. The summed E-state index contributed by atoms with van der Waals surface area (Å²) in [5, 5.41) is 0. The summed E-state index contributed by atoms with van der Waals surface area (Å²) in [5.41, 5.74) is 0.915. The highest BCUT2D eigenvalue weighted by molar-refractivity contribution is 7.89. The van der Waals surface area contributed by atoms with Crippen molar-refractivity contribution in [3.8, 4) is 0 Å². The molecule has 1 atom stereocenters. The third kappa shape index (κ3) is 3.00. The molecule has 1 aliphatic heterocycles. The summed E-state index contributed by atoms with van der Waals surface area (Å²) in [6, 6.07) is 5.10. The molecule has 2 aromatic heterocycles. The minimum absolute atomic E-state index is 0.113. The van der Waals surface area contributed by atoms with Crippen molar-refractivity contribution in [1.82, 2.24) is 19.3 Å². The van der Waals surface area contributed by atoms with E-state index in [0.29, 0.717) is 18.9 Å². The van der Waals surface area contributed by atoms with Crippen LogP contribution in [0, 0.1) is 6.92 Å². The van der Waals surface area contributed by atoms with Gasteiger partial charge in [-0.2, -0.15) is 4.31 Å². The Bertz CT molecular complexity index is 749. The van der Waals surface area contributed by atoms with Crippen LogP contribution in [0.5, 0.6) is 0 Å². The first-order valence-electron chi connectivity index (χ1n) is 7.27.